The average molecular weight is 370 g/mol. The van der Waals surface area contributed by atoms with E-state index in [2.05, 4.69) is 20.2 Å². The molecule has 1 aliphatic heterocycles. The molecule has 1 aliphatic rings. The summed E-state index contributed by atoms with van der Waals surface area (Å²) in [7, 11) is 0. The SMILES string of the molecule is CC(C)(C)OC(=O)NCc1cccc(-c2cnc(N3CCOCC3)nc2)c1. The summed E-state index contributed by atoms with van der Waals surface area (Å²) >= 11 is 0. The Morgan fingerprint density at radius 1 is 1.19 bits per heavy atom. The third-order valence-corrected chi connectivity index (χ3v) is 4.03. The second-order valence-corrected chi connectivity index (χ2v) is 7.43. The lowest BCUT2D eigenvalue weighted by molar-refractivity contribution is 0.0523. The quantitative estimate of drug-likeness (QED) is 0.892. The van der Waals surface area contributed by atoms with Crippen molar-refractivity contribution in [3.8, 4) is 11.1 Å². The van der Waals surface area contributed by atoms with Gasteiger partial charge in [-0.1, -0.05) is 18.2 Å². The summed E-state index contributed by atoms with van der Waals surface area (Å²) in [5.74, 6) is 0.727. The number of morpholine rings is 1. The summed E-state index contributed by atoms with van der Waals surface area (Å²) in [6, 6.07) is 7.94. The summed E-state index contributed by atoms with van der Waals surface area (Å²) < 4.78 is 10.6. The van der Waals surface area contributed by atoms with E-state index < -0.39 is 11.7 Å². The highest BCUT2D eigenvalue weighted by Crippen LogP contribution is 2.21. The first kappa shape index (κ1) is 19.1. The Balaban J connectivity index is 1.63. The van der Waals surface area contributed by atoms with Crippen molar-refractivity contribution in [2.24, 2.45) is 0 Å². The number of anilines is 1. The molecule has 1 N–H and O–H groups in total. The Labute approximate surface area is 159 Å². The average Bonchev–Trinajstić information content (AvgIpc) is 2.66. The molecule has 0 aliphatic carbocycles. The van der Waals surface area contributed by atoms with Crippen molar-refractivity contribution in [2.45, 2.75) is 32.9 Å². The molecule has 0 spiro atoms. The van der Waals surface area contributed by atoms with Gasteiger partial charge in [0, 0.05) is 37.6 Å². The van der Waals surface area contributed by atoms with Gasteiger partial charge in [0.15, 0.2) is 0 Å². The zero-order valence-corrected chi connectivity index (χ0v) is 16.1. The fourth-order valence-corrected chi connectivity index (χ4v) is 2.75. The van der Waals surface area contributed by atoms with Crippen molar-refractivity contribution in [3.05, 3.63) is 42.2 Å². The summed E-state index contributed by atoms with van der Waals surface area (Å²) in [6.45, 7) is 8.96. The van der Waals surface area contributed by atoms with Crippen molar-refractivity contribution in [2.75, 3.05) is 31.2 Å². The van der Waals surface area contributed by atoms with Crippen LogP contribution in [0.4, 0.5) is 10.7 Å². The van der Waals surface area contributed by atoms with Gasteiger partial charge >= 0.3 is 6.09 Å². The number of rotatable bonds is 4. The van der Waals surface area contributed by atoms with E-state index in [1.54, 1.807) is 0 Å². The van der Waals surface area contributed by atoms with Crippen molar-refractivity contribution in [3.63, 3.8) is 0 Å². The van der Waals surface area contributed by atoms with Crippen molar-refractivity contribution >= 4 is 12.0 Å². The van der Waals surface area contributed by atoms with Crippen LogP contribution in [0.1, 0.15) is 26.3 Å². The zero-order valence-electron chi connectivity index (χ0n) is 16.1. The largest absolute Gasteiger partial charge is 0.444 e. The number of hydrogen-bond acceptors (Lipinski definition) is 6. The highest BCUT2D eigenvalue weighted by Gasteiger charge is 2.16. The number of benzene rings is 1. The fourth-order valence-electron chi connectivity index (χ4n) is 2.75. The summed E-state index contributed by atoms with van der Waals surface area (Å²) in [4.78, 5) is 22.9. The molecule has 7 nitrogen and oxygen atoms in total. The van der Waals surface area contributed by atoms with Crippen LogP contribution in [-0.4, -0.2) is 48.0 Å². The Morgan fingerprint density at radius 3 is 2.56 bits per heavy atom. The van der Waals surface area contributed by atoms with E-state index in [0.717, 1.165) is 35.7 Å². The predicted molar refractivity (Wildman–Crippen MR) is 104 cm³/mol. The van der Waals surface area contributed by atoms with Gasteiger partial charge in [-0.25, -0.2) is 14.8 Å². The van der Waals surface area contributed by atoms with Gasteiger partial charge < -0.3 is 19.7 Å². The van der Waals surface area contributed by atoms with Gasteiger partial charge in [0.2, 0.25) is 5.95 Å². The summed E-state index contributed by atoms with van der Waals surface area (Å²) in [6.07, 6.45) is 3.24. The van der Waals surface area contributed by atoms with E-state index in [-0.39, 0.29) is 0 Å². The number of amides is 1. The second-order valence-electron chi connectivity index (χ2n) is 7.43. The molecular formula is C20H26N4O3. The van der Waals surface area contributed by atoms with Gasteiger partial charge in [0.25, 0.3) is 0 Å². The molecule has 144 valence electrons. The summed E-state index contributed by atoms with van der Waals surface area (Å²) in [5, 5.41) is 2.78. The first-order chi connectivity index (χ1) is 12.9. The minimum atomic E-state index is -0.508. The third kappa shape index (κ3) is 5.65. The molecule has 27 heavy (non-hydrogen) atoms. The maximum Gasteiger partial charge on any atom is 0.407 e. The number of carbonyl (C=O) groups excluding carboxylic acids is 1. The van der Waals surface area contributed by atoms with Crippen LogP contribution >= 0.6 is 0 Å². The van der Waals surface area contributed by atoms with E-state index >= 15 is 0 Å². The lowest BCUT2D eigenvalue weighted by Gasteiger charge is -2.26. The number of nitrogens with zero attached hydrogens (tertiary/aromatic N) is 3. The molecule has 3 rings (SSSR count). The highest BCUT2D eigenvalue weighted by atomic mass is 16.6. The maximum atomic E-state index is 11.8. The molecule has 0 unspecified atom stereocenters. The van der Waals surface area contributed by atoms with Crippen LogP contribution in [0.15, 0.2) is 36.7 Å². The minimum absolute atomic E-state index is 0.398. The van der Waals surface area contributed by atoms with Gasteiger partial charge in [-0.2, -0.15) is 0 Å². The fraction of sp³-hybridized carbons (Fsp3) is 0.450. The molecule has 1 amide bonds. The number of alkyl carbamates (subject to hydrolysis) is 1. The van der Waals surface area contributed by atoms with Gasteiger partial charge in [-0.3, -0.25) is 0 Å². The Bertz CT molecular complexity index is 766. The molecule has 1 saturated heterocycles. The first-order valence-electron chi connectivity index (χ1n) is 9.12. The van der Waals surface area contributed by atoms with Gasteiger partial charge in [0.05, 0.1) is 13.2 Å². The monoisotopic (exact) mass is 370 g/mol. The van der Waals surface area contributed by atoms with Crippen LogP contribution in [0.25, 0.3) is 11.1 Å². The van der Waals surface area contributed by atoms with E-state index in [1.807, 2.05) is 57.4 Å². The lowest BCUT2D eigenvalue weighted by Crippen LogP contribution is -2.37. The standard InChI is InChI=1S/C20H26N4O3/c1-20(2,3)27-19(25)23-12-15-5-4-6-16(11-15)17-13-21-18(22-14-17)24-7-9-26-10-8-24/h4-6,11,13-14H,7-10,12H2,1-3H3,(H,23,25). The number of nitrogens with one attached hydrogen (secondary N) is 1. The molecule has 2 aromatic rings. The van der Waals surface area contributed by atoms with Crippen LogP contribution in [0.3, 0.4) is 0 Å². The second kappa shape index (κ2) is 8.35. The van der Waals surface area contributed by atoms with E-state index in [1.165, 1.54) is 0 Å². The molecule has 0 atom stereocenters. The highest BCUT2D eigenvalue weighted by molar-refractivity contribution is 5.68. The van der Waals surface area contributed by atoms with Crippen molar-refractivity contribution in [1.82, 2.24) is 15.3 Å². The van der Waals surface area contributed by atoms with Crippen LogP contribution < -0.4 is 10.2 Å². The Kier molecular flexibility index (Phi) is 5.91. The van der Waals surface area contributed by atoms with E-state index in [0.29, 0.717) is 19.8 Å². The summed E-state index contributed by atoms with van der Waals surface area (Å²) in [5.41, 5.74) is 2.42. The van der Waals surface area contributed by atoms with Gasteiger partial charge in [-0.05, 0) is 38.0 Å². The lowest BCUT2D eigenvalue weighted by atomic mass is 10.1. The van der Waals surface area contributed by atoms with E-state index in [4.69, 9.17) is 9.47 Å². The molecule has 7 heteroatoms. The maximum absolute atomic E-state index is 11.8. The van der Waals surface area contributed by atoms with Crippen LogP contribution in [0.2, 0.25) is 0 Å². The zero-order chi connectivity index (χ0) is 19.3. The first-order valence-corrected chi connectivity index (χ1v) is 9.12. The molecule has 1 aromatic carbocycles. The number of ether oxygens (including phenoxy) is 2. The van der Waals surface area contributed by atoms with Crippen LogP contribution in [-0.2, 0) is 16.0 Å². The number of carbonyl (C=O) groups is 1. The predicted octanol–water partition coefficient (Wildman–Crippen LogP) is 3.00. The van der Waals surface area contributed by atoms with Gasteiger partial charge in [-0.15, -0.1) is 0 Å². The van der Waals surface area contributed by atoms with Crippen LogP contribution in [0.5, 0.6) is 0 Å². The molecular weight excluding hydrogens is 344 g/mol. The van der Waals surface area contributed by atoms with Crippen molar-refractivity contribution in [1.29, 1.82) is 0 Å². The normalized spacial score (nSPS) is 14.7. The molecule has 0 bridgehead atoms. The number of aromatic nitrogens is 2. The number of hydrogen-bond donors (Lipinski definition) is 1. The topological polar surface area (TPSA) is 76.6 Å². The molecule has 0 radical (unpaired) electrons. The molecule has 1 aromatic heterocycles. The smallest absolute Gasteiger partial charge is 0.407 e. The van der Waals surface area contributed by atoms with Crippen molar-refractivity contribution < 1.29 is 14.3 Å². The third-order valence-electron chi connectivity index (χ3n) is 4.03. The van der Waals surface area contributed by atoms with Crippen LogP contribution in [0, 0.1) is 0 Å². The molecule has 2 heterocycles. The van der Waals surface area contributed by atoms with E-state index in [9.17, 15) is 4.79 Å². The Hall–Kier alpha value is -2.67. The molecule has 0 saturated carbocycles. The van der Waals surface area contributed by atoms with Gasteiger partial charge in [0.1, 0.15) is 5.60 Å². The minimum Gasteiger partial charge on any atom is -0.444 e. The molecule has 1 fully saturated rings. The Morgan fingerprint density at radius 2 is 1.89 bits per heavy atom.